The van der Waals surface area contributed by atoms with E-state index < -0.39 is 24.3 Å². The fraction of sp³-hybridized carbons (Fsp3) is 0.457. The molecule has 1 aromatic heterocycles. The summed E-state index contributed by atoms with van der Waals surface area (Å²) in [4.78, 5) is 58.8. The maximum Gasteiger partial charge on any atom is 0.247 e. The number of oxazole rings is 1. The van der Waals surface area contributed by atoms with Crippen LogP contribution < -0.4 is 10.6 Å². The van der Waals surface area contributed by atoms with Crippen molar-refractivity contribution in [2.24, 2.45) is 11.8 Å². The minimum absolute atomic E-state index is 0.0756. The fourth-order valence-corrected chi connectivity index (χ4v) is 6.45. The van der Waals surface area contributed by atoms with Crippen LogP contribution in [-0.4, -0.2) is 86.0 Å². The smallest absolute Gasteiger partial charge is 0.247 e. The molecule has 2 saturated heterocycles. The van der Waals surface area contributed by atoms with Crippen molar-refractivity contribution in [1.29, 1.82) is 0 Å². The number of nitrogens with zero attached hydrogens (tertiary/aromatic N) is 3. The molecule has 47 heavy (non-hydrogen) atoms. The van der Waals surface area contributed by atoms with E-state index in [4.69, 9.17) is 4.42 Å². The molecule has 7 rings (SSSR count). The lowest BCUT2D eigenvalue weighted by Crippen LogP contribution is -2.43. The Hall–Kier alpha value is -4.55. The molecule has 2 aromatic carbocycles. The topological polar surface area (TPSA) is 165 Å². The van der Waals surface area contributed by atoms with Gasteiger partial charge in [0.25, 0.3) is 0 Å². The van der Waals surface area contributed by atoms with Crippen LogP contribution in [0.3, 0.4) is 0 Å². The van der Waals surface area contributed by atoms with Gasteiger partial charge in [-0.1, -0.05) is 0 Å². The van der Waals surface area contributed by atoms with Gasteiger partial charge >= 0.3 is 0 Å². The van der Waals surface area contributed by atoms with Crippen molar-refractivity contribution >= 4 is 35.0 Å². The molecular weight excluding hydrogens is 602 g/mol. The summed E-state index contributed by atoms with van der Waals surface area (Å²) in [6.45, 7) is 0.361. The summed E-state index contributed by atoms with van der Waals surface area (Å²) < 4.78 is 6.01. The van der Waals surface area contributed by atoms with E-state index in [9.17, 15) is 29.4 Å². The second-order valence-electron chi connectivity index (χ2n) is 13.4. The quantitative estimate of drug-likeness (QED) is 0.262. The molecule has 0 radical (unpaired) electrons. The zero-order valence-electron chi connectivity index (χ0n) is 26.0. The molecule has 246 valence electrons. The molecule has 4 N–H and O–H groups in total. The van der Waals surface area contributed by atoms with E-state index >= 15 is 0 Å². The van der Waals surface area contributed by atoms with Gasteiger partial charge < -0.3 is 35.1 Å². The predicted octanol–water partition coefficient (Wildman–Crippen LogP) is 3.41. The van der Waals surface area contributed by atoms with Crippen LogP contribution >= 0.6 is 0 Å². The van der Waals surface area contributed by atoms with Gasteiger partial charge in [-0.3, -0.25) is 19.2 Å². The molecule has 4 fully saturated rings. The summed E-state index contributed by atoms with van der Waals surface area (Å²) in [5.74, 6) is 0.930. The molecule has 0 spiro atoms. The number of carbonyl (C=O) groups excluding carboxylic acids is 4. The number of β-amino-alcohol motifs (C(OH)–C–C–N with tert-alkyl or cyclic N) is 2. The maximum absolute atomic E-state index is 13.0. The van der Waals surface area contributed by atoms with Crippen LogP contribution in [0, 0.1) is 11.8 Å². The minimum atomic E-state index is -0.712. The number of aliphatic hydroxyl groups is 2. The second kappa shape index (κ2) is 12.9. The molecule has 12 nitrogen and oxygen atoms in total. The van der Waals surface area contributed by atoms with Gasteiger partial charge in [0.05, 0.1) is 18.4 Å². The Morgan fingerprint density at radius 2 is 1.15 bits per heavy atom. The Kier molecular flexibility index (Phi) is 8.54. The molecule has 2 aliphatic heterocycles. The van der Waals surface area contributed by atoms with E-state index in [1.165, 1.54) is 9.80 Å². The number of carbonyl (C=O) groups is 4. The molecule has 0 bridgehead atoms. The molecule has 12 heteroatoms. The number of likely N-dealkylation sites (tertiary alicyclic amines) is 2. The summed E-state index contributed by atoms with van der Waals surface area (Å²) >= 11 is 0. The van der Waals surface area contributed by atoms with Gasteiger partial charge in [-0.05, 0) is 86.1 Å². The normalized spacial score (nSPS) is 24.0. The lowest BCUT2D eigenvalue weighted by atomic mass is 10.1. The highest BCUT2D eigenvalue weighted by atomic mass is 16.4. The predicted molar refractivity (Wildman–Crippen MR) is 172 cm³/mol. The number of hydrogen-bond donors (Lipinski definition) is 4. The molecule has 4 amide bonds. The Morgan fingerprint density at radius 1 is 0.702 bits per heavy atom. The van der Waals surface area contributed by atoms with Crippen molar-refractivity contribution < 1.29 is 33.8 Å². The lowest BCUT2D eigenvalue weighted by molar-refractivity contribution is -0.137. The van der Waals surface area contributed by atoms with E-state index in [-0.39, 0.29) is 49.6 Å². The number of rotatable bonds is 10. The molecule has 2 saturated carbocycles. The first-order chi connectivity index (χ1) is 22.7. The van der Waals surface area contributed by atoms with Gasteiger partial charge in [-0.2, -0.15) is 0 Å². The van der Waals surface area contributed by atoms with Crippen LogP contribution in [0.5, 0.6) is 0 Å². The summed E-state index contributed by atoms with van der Waals surface area (Å²) in [5, 5.41) is 26.0. The highest BCUT2D eigenvalue weighted by Crippen LogP contribution is 2.35. The zero-order valence-corrected chi connectivity index (χ0v) is 26.0. The summed E-state index contributed by atoms with van der Waals surface area (Å²) in [7, 11) is 0. The van der Waals surface area contributed by atoms with E-state index in [0.717, 1.165) is 31.2 Å². The first kappa shape index (κ1) is 31.1. The summed E-state index contributed by atoms with van der Waals surface area (Å²) in [6, 6.07) is 12.7. The second-order valence-corrected chi connectivity index (χ2v) is 13.4. The number of aliphatic hydroxyl groups excluding tert-OH is 2. The van der Waals surface area contributed by atoms with Gasteiger partial charge in [0, 0.05) is 61.3 Å². The van der Waals surface area contributed by atoms with Crippen molar-refractivity contribution in [1.82, 2.24) is 14.8 Å². The fourth-order valence-electron chi connectivity index (χ4n) is 6.45. The standard InChI is InChI=1S/C35H39N5O7/c41-26-15-28(39(18-26)31(43)13-20-1-2-20)33(45)37-24-9-5-22(6-10-24)30-17-36-35(47-30)23-7-11-25(12-8-23)38-34(46)29-16-27(42)19-40(29)32(44)14-21-3-4-21/h5-12,17,20-21,26-29,41-42H,1-4,13-16,18-19H2,(H,37,45)(H,38,46)/t26-,27-,28+,29+/m1/s1. The molecule has 3 heterocycles. The van der Waals surface area contributed by atoms with E-state index in [1.54, 1.807) is 54.7 Å². The number of anilines is 2. The van der Waals surface area contributed by atoms with E-state index in [2.05, 4.69) is 15.6 Å². The van der Waals surface area contributed by atoms with Gasteiger partial charge in [0.2, 0.25) is 29.5 Å². The molecule has 3 aromatic rings. The third-order valence-electron chi connectivity index (χ3n) is 9.47. The average Bonchev–Trinajstić information content (AvgIpc) is 3.91. The Balaban J connectivity index is 0.945. The van der Waals surface area contributed by atoms with Gasteiger partial charge in [-0.25, -0.2) is 4.98 Å². The monoisotopic (exact) mass is 641 g/mol. The van der Waals surface area contributed by atoms with Crippen molar-refractivity contribution in [2.75, 3.05) is 23.7 Å². The van der Waals surface area contributed by atoms with Gasteiger partial charge in [0.15, 0.2) is 5.76 Å². The first-order valence-corrected chi connectivity index (χ1v) is 16.4. The highest BCUT2D eigenvalue weighted by molar-refractivity contribution is 5.98. The van der Waals surface area contributed by atoms with Crippen LogP contribution in [-0.2, 0) is 19.2 Å². The van der Waals surface area contributed by atoms with Gasteiger partial charge in [0.1, 0.15) is 12.1 Å². The van der Waals surface area contributed by atoms with Crippen LogP contribution in [0.4, 0.5) is 11.4 Å². The highest BCUT2D eigenvalue weighted by Gasteiger charge is 2.41. The van der Waals surface area contributed by atoms with Crippen LogP contribution in [0.15, 0.2) is 59.1 Å². The summed E-state index contributed by atoms with van der Waals surface area (Å²) in [6.07, 6.45) is 5.66. The molecule has 2 aliphatic carbocycles. The zero-order chi connectivity index (χ0) is 32.7. The first-order valence-electron chi connectivity index (χ1n) is 16.4. The largest absolute Gasteiger partial charge is 0.436 e. The SMILES string of the molecule is O=C(Nc1ccc(-c2cnc(-c3ccc(NC(=O)[C@@H]4C[C@@H](O)CN4C(=O)CC4CC4)cc3)o2)cc1)[C@@H]1C[C@@H](O)CN1C(=O)CC1CC1. The minimum Gasteiger partial charge on any atom is -0.436 e. The van der Waals surface area contributed by atoms with Crippen LogP contribution in [0.2, 0.25) is 0 Å². The van der Waals surface area contributed by atoms with Crippen LogP contribution in [0.1, 0.15) is 51.4 Å². The molecular formula is C35H39N5O7. The number of amides is 4. The van der Waals surface area contributed by atoms with E-state index in [1.807, 2.05) is 0 Å². The van der Waals surface area contributed by atoms with Gasteiger partial charge in [-0.15, -0.1) is 0 Å². The Labute approximate surface area is 272 Å². The Morgan fingerprint density at radius 3 is 1.60 bits per heavy atom. The molecule has 4 atom stereocenters. The molecule has 0 unspecified atom stereocenters. The maximum atomic E-state index is 13.0. The molecule has 4 aliphatic rings. The lowest BCUT2D eigenvalue weighted by Gasteiger charge is -2.23. The third kappa shape index (κ3) is 7.23. The van der Waals surface area contributed by atoms with Crippen molar-refractivity contribution in [2.45, 2.75) is 75.7 Å². The summed E-state index contributed by atoms with van der Waals surface area (Å²) in [5.41, 5.74) is 2.58. The number of benzene rings is 2. The number of nitrogens with one attached hydrogen (secondary N) is 2. The van der Waals surface area contributed by atoms with Crippen molar-refractivity contribution in [3.05, 3.63) is 54.7 Å². The van der Waals surface area contributed by atoms with E-state index in [0.29, 0.717) is 53.3 Å². The number of aromatic nitrogens is 1. The Bertz CT molecular complexity index is 1530. The van der Waals surface area contributed by atoms with Crippen molar-refractivity contribution in [3.8, 4) is 22.8 Å². The van der Waals surface area contributed by atoms with Crippen LogP contribution in [0.25, 0.3) is 22.8 Å². The third-order valence-corrected chi connectivity index (χ3v) is 9.47. The van der Waals surface area contributed by atoms with Crippen molar-refractivity contribution in [3.63, 3.8) is 0 Å². The number of hydrogen-bond acceptors (Lipinski definition) is 8. The average molecular weight is 642 g/mol.